The van der Waals surface area contributed by atoms with E-state index in [1.807, 2.05) is 47.6 Å². The standard InChI is InChI=1S/C34H35ClN4O3S/c35-30-9-3-8-29-28(30)7-4-10-31(29)43(41,42)39-20-13-25-5-1-2-6-27(25)32(39)33(40)38-23-16-34(17-24-38)14-21-37(22-15-34)26-11-18-36-19-12-26/h1-12,18-19,32H,13-17,20-24H2. The summed E-state index contributed by atoms with van der Waals surface area (Å²) in [6.07, 6.45) is 8.29. The van der Waals surface area contributed by atoms with Crippen molar-refractivity contribution in [2.24, 2.45) is 5.41 Å². The predicted octanol–water partition coefficient (Wildman–Crippen LogP) is 6.09. The van der Waals surface area contributed by atoms with Gasteiger partial charge in [-0.05, 0) is 72.9 Å². The van der Waals surface area contributed by atoms with Crippen LogP contribution in [0.15, 0.2) is 90.1 Å². The maximum absolute atomic E-state index is 14.4. The van der Waals surface area contributed by atoms with E-state index >= 15 is 0 Å². The number of likely N-dealkylation sites (tertiary alicyclic amines) is 1. The molecule has 9 heteroatoms. The number of rotatable bonds is 4. The summed E-state index contributed by atoms with van der Waals surface area (Å²) in [5.41, 5.74) is 3.25. The molecule has 2 saturated heterocycles. The zero-order valence-electron chi connectivity index (χ0n) is 24.0. The van der Waals surface area contributed by atoms with E-state index in [1.165, 1.54) is 9.99 Å². The molecule has 0 N–H and O–H groups in total. The molecule has 1 atom stereocenters. The van der Waals surface area contributed by atoms with Crippen LogP contribution in [0.4, 0.5) is 5.69 Å². The summed E-state index contributed by atoms with van der Waals surface area (Å²) >= 11 is 6.44. The van der Waals surface area contributed by atoms with Crippen LogP contribution in [0.25, 0.3) is 10.8 Å². The van der Waals surface area contributed by atoms with Gasteiger partial charge in [0, 0.05) is 66.6 Å². The molecular formula is C34H35ClN4O3S. The van der Waals surface area contributed by atoms with Gasteiger partial charge in [0.15, 0.2) is 0 Å². The topological polar surface area (TPSA) is 73.8 Å². The number of sulfonamides is 1. The molecule has 4 heterocycles. The molecule has 1 spiro atoms. The third kappa shape index (κ3) is 5.09. The molecule has 3 aliphatic rings. The number of hydrogen-bond acceptors (Lipinski definition) is 5. The Bertz CT molecular complexity index is 1760. The predicted molar refractivity (Wildman–Crippen MR) is 170 cm³/mol. The van der Waals surface area contributed by atoms with Gasteiger partial charge in [-0.2, -0.15) is 4.31 Å². The number of carbonyl (C=O) groups excluding carboxylic acids is 1. The van der Waals surface area contributed by atoms with Gasteiger partial charge in [0.2, 0.25) is 15.9 Å². The summed E-state index contributed by atoms with van der Waals surface area (Å²) in [7, 11) is -4.02. The molecule has 1 amide bonds. The maximum atomic E-state index is 14.4. The molecule has 4 aromatic rings. The van der Waals surface area contributed by atoms with E-state index in [-0.39, 0.29) is 22.8 Å². The Morgan fingerprint density at radius 3 is 2.23 bits per heavy atom. The number of benzene rings is 3. The van der Waals surface area contributed by atoms with Crippen LogP contribution in [-0.4, -0.2) is 61.2 Å². The Labute approximate surface area is 258 Å². The third-order valence-corrected chi connectivity index (χ3v) is 12.1. The van der Waals surface area contributed by atoms with Crippen LogP contribution in [0.3, 0.4) is 0 Å². The summed E-state index contributed by atoms with van der Waals surface area (Å²) in [6.45, 7) is 3.52. The fraction of sp³-hybridized carbons (Fsp3) is 0.353. The van der Waals surface area contributed by atoms with Crippen molar-refractivity contribution in [1.82, 2.24) is 14.2 Å². The van der Waals surface area contributed by atoms with E-state index in [0.717, 1.165) is 49.9 Å². The number of piperidine rings is 2. The van der Waals surface area contributed by atoms with Crippen molar-refractivity contribution in [3.63, 3.8) is 0 Å². The van der Waals surface area contributed by atoms with Gasteiger partial charge in [-0.15, -0.1) is 0 Å². The lowest BCUT2D eigenvalue weighted by Crippen LogP contribution is -2.52. The minimum absolute atomic E-state index is 0.127. The number of anilines is 1. The number of nitrogens with zero attached hydrogens (tertiary/aromatic N) is 4. The molecule has 0 radical (unpaired) electrons. The highest BCUT2D eigenvalue weighted by Gasteiger charge is 2.45. The van der Waals surface area contributed by atoms with Crippen LogP contribution < -0.4 is 4.90 Å². The van der Waals surface area contributed by atoms with Gasteiger partial charge < -0.3 is 9.80 Å². The fourth-order valence-corrected chi connectivity index (χ4v) is 9.33. The summed E-state index contributed by atoms with van der Waals surface area (Å²) in [4.78, 5) is 23.1. The second-order valence-electron chi connectivity index (χ2n) is 12.1. The first-order valence-corrected chi connectivity index (χ1v) is 16.9. The fourth-order valence-electron chi connectivity index (χ4n) is 7.32. The van der Waals surface area contributed by atoms with Crippen molar-refractivity contribution in [2.75, 3.05) is 37.6 Å². The van der Waals surface area contributed by atoms with E-state index in [2.05, 4.69) is 22.0 Å². The molecule has 7 nitrogen and oxygen atoms in total. The van der Waals surface area contributed by atoms with E-state index in [0.29, 0.717) is 35.3 Å². The highest BCUT2D eigenvalue weighted by Crippen LogP contribution is 2.44. The van der Waals surface area contributed by atoms with Crippen LogP contribution in [0.2, 0.25) is 5.02 Å². The highest BCUT2D eigenvalue weighted by molar-refractivity contribution is 7.89. The Hall–Kier alpha value is -3.46. The number of halogens is 1. The van der Waals surface area contributed by atoms with Crippen molar-refractivity contribution < 1.29 is 13.2 Å². The van der Waals surface area contributed by atoms with Crippen LogP contribution in [0.1, 0.15) is 42.9 Å². The Balaban J connectivity index is 1.15. The lowest BCUT2D eigenvalue weighted by molar-refractivity contribution is -0.138. The molecule has 1 aromatic heterocycles. The van der Waals surface area contributed by atoms with Crippen molar-refractivity contribution in [2.45, 2.75) is 43.0 Å². The molecule has 3 aromatic carbocycles. The van der Waals surface area contributed by atoms with Crippen molar-refractivity contribution in [3.8, 4) is 0 Å². The molecule has 2 fully saturated rings. The molecule has 0 aliphatic carbocycles. The molecule has 3 aliphatic heterocycles. The molecule has 1 unspecified atom stereocenters. The first-order chi connectivity index (χ1) is 20.9. The monoisotopic (exact) mass is 614 g/mol. The summed E-state index contributed by atoms with van der Waals surface area (Å²) in [5.74, 6) is -0.127. The quantitative estimate of drug-likeness (QED) is 0.278. The lowest BCUT2D eigenvalue weighted by Gasteiger charge is -2.48. The van der Waals surface area contributed by atoms with Crippen molar-refractivity contribution in [3.05, 3.63) is 101 Å². The van der Waals surface area contributed by atoms with E-state index in [1.54, 1.807) is 30.3 Å². The zero-order valence-corrected chi connectivity index (χ0v) is 25.6. The number of carbonyl (C=O) groups is 1. The van der Waals surface area contributed by atoms with Crippen molar-refractivity contribution >= 4 is 44.0 Å². The minimum atomic E-state index is -4.02. The van der Waals surface area contributed by atoms with Crippen LogP contribution >= 0.6 is 11.6 Å². The molecule has 0 bridgehead atoms. The van der Waals surface area contributed by atoms with E-state index in [4.69, 9.17) is 11.6 Å². The van der Waals surface area contributed by atoms with Gasteiger partial charge in [0.05, 0.1) is 4.90 Å². The second kappa shape index (κ2) is 11.2. The molecule has 43 heavy (non-hydrogen) atoms. The van der Waals surface area contributed by atoms with E-state index < -0.39 is 16.1 Å². The maximum Gasteiger partial charge on any atom is 0.245 e. The number of pyridine rings is 1. The number of amides is 1. The van der Waals surface area contributed by atoms with Gasteiger partial charge in [-0.1, -0.05) is 60.1 Å². The Kier molecular flexibility index (Phi) is 7.40. The van der Waals surface area contributed by atoms with Gasteiger partial charge in [-0.3, -0.25) is 9.78 Å². The highest BCUT2D eigenvalue weighted by atomic mass is 35.5. The first-order valence-electron chi connectivity index (χ1n) is 15.1. The minimum Gasteiger partial charge on any atom is -0.371 e. The Morgan fingerprint density at radius 2 is 1.47 bits per heavy atom. The SMILES string of the molecule is O=C(C1c2ccccc2CCN1S(=O)(=O)c1cccc2c(Cl)cccc12)N1CCC2(CC1)CCN(c1ccncc1)CC2. The molecular weight excluding hydrogens is 580 g/mol. The number of fused-ring (bicyclic) bond motifs is 2. The summed E-state index contributed by atoms with van der Waals surface area (Å²) in [5, 5.41) is 1.75. The van der Waals surface area contributed by atoms with Gasteiger partial charge >= 0.3 is 0 Å². The van der Waals surface area contributed by atoms with E-state index in [9.17, 15) is 13.2 Å². The summed E-state index contributed by atoms with van der Waals surface area (Å²) < 4.78 is 30.3. The van der Waals surface area contributed by atoms with Gasteiger partial charge in [-0.25, -0.2) is 8.42 Å². The first kappa shape index (κ1) is 28.3. The van der Waals surface area contributed by atoms with Crippen LogP contribution in [0.5, 0.6) is 0 Å². The Morgan fingerprint density at radius 1 is 0.791 bits per heavy atom. The molecule has 0 saturated carbocycles. The van der Waals surface area contributed by atoms with Gasteiger partial charge in [0.1, 0.15) is 6.04 Å². The second-order valence-corrected chi connectivity index (χ2v) is 14.3. The van der Waals surface area contributed by atoms with Crippen LogP contribution in [0, 0.1) is 5.41 Å². The largest absolute Gasteiger partial charge is 0.371 e. The molecule has 222 valence electrons. The lowest BCUT2D eigenvalue weighted by atomic mass is 9.71. The number of aromatic nitrogens is 1. The van der Waals surface area contributed by atoms with Crippen molar-refractivity contribution in [1.29, 1.82) is 0 Å². The number of hydrogen-bond donors (Lipinski definition) is 0. The van der Waals surface area contributed by atoms with Crippen LogP contribution in [-0.2, 0) is 21.2 Å². The average Bonchev–Trinajstić information content (AvgIpc) is 3.05. The van der Waals surface area contributed by atoms with Gasteiger partial charge in [0.25, 0.3) is 0 Å². The molecule has 7 rings (SSSR count). The normalized spacial score (nSPS) is 20.7. The third-order valence-electron chi connectivity index (χ3n) is 9.88. The zero-order chi connectivity index (χ0) is 29.6. The smallest absolute Gasteiger partial charge is 0.245 e. The summed E-state index contributed by atoms with van der Waals surface area (Å²) in [6, 6.07) is 21.5. The average molecular weight is 615 g/mol.